The minimum absolute atomic E-state index is 0.203. The topological polar surface area (TPSA) is 84.9 Å². The number of carbonyl (C=O) groups is 1. The van der Waals surface area contributed by atoms with Crippen molar-refractivity contribution < 1.29 is 22.7 Å². The van der Waals surface area contributed by atoms with Gasteiger partial charge in [-0.15, -0.1) is 0 Å². The number of rotatable bonds is 10. The summed E-state index contributed by atoms with van der Waals surface area (Å²) in [5.41, 5.74) is 0. The smallest absolute Gasteiger partial charge is 0.261 e. The number of benzene rings is 3. The first-order valence-electron chi connectivity index (χ1n) is 11.6. The van der Waals surface area contributed by atoms with Crippen molar-refractivity contribution in [3.8, 4) is 11.5 Å². The van der Waals surface area contributed by atoms with E-state index in [1.54, 1.807) is 24.3 Å². The van der Waals surface area contributed by atoms with Crippen molar-refractivity contribution in [3.63, 3.8) is 0 Å². The first-order valence-corrected chi connectivity index (χ1v) is 13.1. The molecule has 0 spiro atoms. The normalized spacial score (nSPS) is 15.2. The van der Waals surface area contributed by atoms with Crippen LogP contribution in [0.1, 0.15) is 26.2 Å². The van der Waals surface area contributed by atoms with Crippen LogP contribution < -0.4 is 14.8 Å². The highest BCUT2D eigenvalue weighted by atomic mass is 32.2. The molecule has 1 amide bonds. The van der Waals surface area contributed by atoms with E-state index in [4.69, 9.17) is 9.47 Å². The second kappa shape index (κ2) is 10.9. The molecule has 1 aliphatic rings. The summed E-state index contributed by atoms with van der Waals surface area (Å²) in [4.78, 5) is 12.9. The predicted octanol–water partition coefficient (Wildman–Crippen LogP) is 3.98. The molecule has 180 valence electrons. The Morgan fingerprint density at radius 1 is 1.00 bits per heavy atom. The Bertz CT molecular complexity index is 1220. The summed E-state index contributed by atoms with van der Waals surface area (Å²) in [6.07, 6.45) is 1.72. The molecule has 1 atom stereocenters. The van der Waals surface area contributed by atoms with E-state index in [-0.39, 0.29) is 17.4 Å². The lowest BCUT2D eigenvalue weighted by Crippen LogP contribution is -2.39. The van der Waals surface area contributed by atoms with Crippen molar-refractivity contribution in [2.45, 2.75) is 37.2 Å². The van der Waals surface area contributed by atoms with E-state index in [9.17, 15) is 13.2 Å². The summed E-state index contributed by atoms with van der Waals surface area (Å²) in [5, 5.41) is 4.88. The molecule has 0 bridgehead atoms. The zero-order chi connectivity index (χ0) is 24.0. The van der Waals surface area contributed by atoms with E-state index in [1.165, 1.54) is 4.31 Å². The summed E-state index contributed by atoms with van der Waals surface area (Å²) in [7, 11) is -3.44. The van der Waals surface area contributed by atoms with Gasteiger partial charge < -0.3 is 14.8 Å². The second-order valence-corrected chi connectivity index (χ2v) is 10.2. The van der Waals surface area contributed by atoms with E-state index < -0.39 is 16.1 Å². The molecular weight excluding hydrogens is 452 g/mol. The van der Waals surface area contributed by atoms with Gasteiger partial charge in [0.1, 0.15) is 18.1 Å². The Hall–Kier alpha value is -3.10. The zero-order valence-corrected chi connectivity index (χ0v) is 20.1. The molecule has 3 aromatic carbocycles. The molecule has 8 heteroatoms. The third kappa shape index (κ3) is 5.51. The van der Waals surface area contributed by atoms with Crippen LogP contribution in [-0.2, 0) is 14.8 Å². The number of ether oxygens (including phenoxy) is 2. The van der Waals surface area contributed by atoms with E-state index in [0.29, 0.717) is 37.6 Å². The highest BCUT2D eigenvalue weighted by Crippen LogP contribution is 2.26. The summed E-state index contributed by atoms with van der Waals surface area (Å²) >= 11 is 0. The number of carbonyl (C=O) groups excluding carboxylic acids is 1. The van der Waals surface area contributed by atoms with E-state index in [1.807, 2.05) is 49.4 Å². The van der Waals surface area contributed by atoms with Gasteiger partial charge in [-0.2, -0.15) is 4.31 Å². The molecular formula is C26H30N2O5S. The maximum absolute atomic E-state index is 12.6. The number of hydrogen-bond donors (Lipinski definition) is 1. The predicted molar refractivity (Wildman–Crippen MR) is 132 cm³/mol. The molecule has 7 nitrogen and oxygen atoms in total. The summed E-state index contributed by atoms with van der Waals surface area (Å²) in [6, 6.07) is 20.1. The molecule has 1 saturated heterocycles. The van der Waals surface area contributed by atoms with Crippen LogP contribution >= 0.6 is 0 Å². The van der Waals surface area contributed by atoms with Crippen molar-refractivity contribution >= 4 is 26.7 Å². The first kappa shape index (κ1) is 24.0. The molecule has 1 aliphatic heterocycles. The zero-order valence-electron chi connectivity index (χ0n) is 19.3. The Kier molecular flexibility index (Phi) is 7.70. The van der Waals surface area contributed by atoms with Crippen LogP contribution in [0.2, 0.25) is 0 Å². The quantitative estimate of drug-likeness (QED) is 0.442. The van der Waals surface area contributed by atoms with Crippen LogP contribution in [0.25, 0.3) is 10.8 Å². The van der Waals surface area contributed by atoms with Gasteiger partial charge in [0, 0.05) is 18.5 Å². The van der Waals surface area contributed by atoms with Crippen LogP contribution in [0.15, 0.2) is 71.6 Å². The van der Waals surface area contributed by atoms with E-state index >= 15 is 0 Å². The number of sulfonamides is 1. The van der Waals surface area contributed by atoms with Gasteiger partial charge in [0.15, 0.2) is 6.10 Å². The van der Waals surface area contributed by atoms with Gasteiger partial charge in [0.25, 0.3) is 5.91 Å². The summed E-state index contributed by atoms with van der Waals surface area (Å²) in [6.45, 7) is 3.62. The second-order valence-electron chi connectivity index (χ2n) is 8.21. The number of amides is 1. The minimum atomic E-state index is -3.44. The molecule has 0 aliphatic carbocycles. The molecule has 34 heavy (non-hydrogen) atoms. The Balaban J connectivity index is 1.27. The number of hydrogen-bond acceptors (Lipinski definition) is 5. The van der Waals surface area contributed by atoms with Crippen molar-refractivity contribution in [3.05, 3.63) is 66.7 Å². The Labute approximate surface area is 200 Å². The van der Waals surface area contributed by atoms with Crippen molar-refractivity contribution in [1.29, 1.82) is 0 Å². The van der Waals surface area contributed by atoms with Gasteiger partial charge in [-0.05, 0) is 55.0 Å². The van der Waals surface area contributed by atoms with Gasteiger partial charge >= 0.3 is 0 Å². The largest absolute Gasteiger partial charge is 0.492 e. The van der Waals surface area contributed by atoms with Crippen LogP contribution in [0, 0.1) is 0 Å². The third-order valence-corrected chi connectivity index (χ3v) is 7.79. The first-order chi connectivity index (χ1) is 16.5. The molecule has 0 radical (unpaired) electrons. The van der Waals surface area contributed by atoms with Crippen LogP contribution in [0.5, 0.6) is 11.5 Å². The molecule has 0 saturated carbocycles. The standard InChI is InChI=1S/C26H30N2O5S/c1-2-24(33-25-11-7-9-20-8-3-4-10-23(20)25)26(29)27-16-19-32-21-12-14-22(15-13-21)34(30,31)28-17-5-6-18-28/h3-4,7-15,24H,2,5-6,16-19H2,1H3,(H,27,29)/t24-/m0/s1. The minimum Gasteiger partial charge on any atom is -0.492 e. The molecule has 3 aromatic rings. The Morgan fingerprint density at radius 3 is 2.44 bits per heavy atom. The van der Waals surface area contributed by atoms with E-state index in [2.05, 4.69) is 5.32 Å². The van der Waals surface area contributed by atoms with E-state index in [0.717, 1.165) is 23.6 Å². The van der Waals surface area contributed by atoms with Crippen molar-refractivity contribution in [1.82, 2.24) is 9.62 Å². The molecule has 0 unspecified atom stereocenters. The molecule has 1 heterocycles. The number of nitrogens with zero attached hydrogens (tertiary/aromatic N) is 1. The maximum atomic E-state index is 12.6. The lowest BCUT2D eigenvalue weighted by atomic mass is 10.1. The van der Waals surface area contributed by atoms with Gasteiger partial charge in [-0.1, -0.05) is 43.3 Å². The molecule has 1 N–H and O–H groups in total. The Morgan fingerprint density at radius 2 is 1.71 bits per heavy atom. The van der Waals surface area contributed by atoms with Crippen LogP contribution in [0.3, 0.4) is 0 Å². The third-order valence-electron chi connectivity index (χ3n) is 5.88. The van der Waals surface area contributed by atoms with Crippen molar-refractivity contribution in [2.24, 2.45) is 0 Å². The molecule has 1 fully saturated rings. The van der Waals surface area contributed by atoms with Crippen LogP contribution in [-0.4, -0.2) is 51.0 Å². The lowest BCUT2D eigenvalue weighted by Gasteiger charge is -2.18. The fourth-order valence-corrected chi connectivity index (χ4v) is 5.53. The lowest BCUT2D eigenvalue weighted by molar-refractivity contribution is -0.128. The molecule has 0 aromatic heterocycles. The van der Waals surface area contributed by atoms with Gasteiger partial charge in [-0.3, -0.25) is 4.79 Å². The SMILES string of the molecule is CC[C@H](Oc1cccc2ccccc12)C(=O)NCCOc1ccc(S(=O)(=O)N2CCCC2)cc1. The fourth-order valence-electron chi connectivity index (χ4n) is 4.02. The fraction of sp³-hybridized carbons (Fsp3) is 0.346. The highest BCUT2D eigenvalue weighted by Gasteiger charge is 2.27. The maximum Gasteiger partial charge on any atom is 0.261 e. The van der Waals surface area contributed by atoms with Gasteiger partial charge in [0.05, 0.1) is 11.4 Å². The van der Waals surface area contributed by atoms with Crippen molar-refractivity contribution in [2.75, 3.05) is 26.2 Å². The average Bonchev–Trinajstić information content (AvgIpc) is 3.41. The highest BCUT2D eigenvalue weighted by molar-refractivity contribution is 7.89. The summed E-state index contributed by atoms with van der Waals surface area (Å²) in [5.74, 6) is 1.03. The number of fused-ring (bicyclic) bond motifs is 1. The monoisotopic (exact) mass is 482 g/mol. The van der Waals surface area contributed by atoms with Gasteiger partial charge in [0.2, 0.25) is 10.0 Å². The number of nitrogens with one attached hydrogen (secondary N) is 1. The molecule has 4 rings (SSSR count). The van der Waals surface area contributed by atoms with Gasteiger partial charge in [-0.25, -0.2) is 8.42 Å². The average molecular weight is 483 g/mol. The van der Waals surface area contributed by atoms with Crippen LogP contribution in [0.4, 0.5) is 0 Å². The summed E-state index contributed by atoms with van der Waals surface area (Å²) < 4.78 is 38.4.